The molecule has 1 amide bonds. The molecule has 100 valence electrons. The lowest BCUT2D eigenvalue weighted by Crippen LogP contribution is -2.41. The lowest BCUT2D eigenvalue weighted by molar-refractivity contribution is -0.137. The molecule has 4 atom stereocenters. The number of rotatable bonds is 2. The zero-order valence-electron chi connectivity index (χ0n) is 11.6. The van der Waals surface area contributed by atoms with Crippen LogP contribution in [0.2, 0.25) is 0 Å². The number of fused-ring (bicyclic) bond motifs is 1. The Hall–Kier alpha value is -1.04. The molecule has 0 spiro atoms. The van der Waals surface area contributed by atoms with Crippen molar-refractivity contribution >= 4 is 5.91 Å². The summed E-state index contributed by atoms with van der Waals surface area (Å²) in [5.41, 5.74) is 0. The first-order valence-electron chi connectivity index (χ1n) is 7.29. The van der Waals surface area contributed by atoms with Crippen LogP contribution in [-0.2, 0) is 4.79 Å². The van der Waals surface area contributed by atoms with Crippen LogP contribution in [-0.4, -0.2) is 23.9 Å². The number of carbonyl (C=O) groups excluding carboxylic acids is 1. The standard InChI is InChI=1S/C15H24N2O/c1-11(10-16)17(2)15(18)14-8-7-12-5-3-4-6-13(12)9-14/h11-14H,3-9H2,1-2H3. The highest BCUT2D eigenvalue weighted by Gasteiger charge is 2.36. The van der Waals surface area contributed by atoms with Gasteiger partial charge in [0, 0.05) is 13.0 Å². The fourth-order valence-corrected chi connectivity index (χ4v) is 3.66. The molecule has 3 heteroatoms. The molecule has 2 aliphatic carbocycles. The molecule has 0 heterocycles. The van der Waals surface area contributed by atoms with E-state index in [-0.39, 0.29) is 17.9 Å². The van der Waals surface area contributed by atoms with Crippen molar-refractivity contribution in [2.45, 2.75) is 57.9 Å². The molecule has 2 saturated carbocycles. The quantitative estimate of drug-likeness (QED) is 0.754. The molecule has 0 aromatic carbocycles. The molecule has 0 radical (unpaired) electrons. The van der Waals surface area contributed by atoms with E-state index in [0.29, 0.717) is 0 Å². The summed E-state index contributed by atoms with van der Waals surface area (Å²) in [6.45, 7) is 1.80. The smallest absolute Gasteiger partial charge is 0.226 e. The summed E-state index contributed by atoms with van der Waals surface area (Å²) in [4.78, 5) is 14.0. The van der Waals surface area contributed by atoms with E-state index in [4.69, 9.17) is 5.26 Å². The molecule has 0 saturated heterocycles. The van der Waals surface area contributed by atoms with Gasteiger partial charge in [0.1, 0.15) is 6.04 Å². The van der Waals surface area contributed by atoms with Gasteiger partial charge >= 0.3 is 0 Å². The first kappa shape index (κ1) is 13.4. The maximum absolute atomic E-state index is 12.3. The van der Waals surface area contributed by atoms with E-state index in [2.05, 4.69) is 6.07 Å². The van der Waals surface area contributed by atoms with Crippen molar-refractivity contribution in [3.05, 3.63) is 0 Å². The first-order chi connectivity index (χ1) is 8.63. The highest BCUT2D eigenvalue weighted by atomic mass is 16.2. The zero-order chi connectivity index (χ0) is 13.1. The predicted molar refractivity (Wildman–Crippen MR) is 70.6 cm³/mol. The van der Waals surface area contributed by atoms with Gasteiger partial charge in [-0.3, -0.25) is 4.79 Å². The minimum absolute atomic E-state index is 0.171. The van der Waals surface area contributed by atoms with Crippen molar-refractivity contribution in [2.24, 2.45) is 17.8 Å². The van der Waals surface area contributed by atoms with E-state index in [1.807, 2.05) is 0 Å². The van der Waals surface area contributed by atoms with E-state index in [9.17, 15) is 4.79 Å². The molecule has 3 nitrogen and oxygen atoms in total. The molecule has 0 aromatic rings. The van der Waals surface area contributed by atoms with Gasteiger partial charge in [0.15, 0.2) is 0 Å². The molecule has 0 bridgehead atoms. The topological polar surface area (TPSA) is 44.1 Å². The highest BCUT2D eigenvalue weighted by Crippen LogP contribution is 2.43. The largest absolute Gasteiger partial charge is 0.330 e. The zero-order valence-corrected chi connectivity index (χ0v) is 11.6. The summed E-state index contributed by atoms with van der Waals surface area (Å²) in [7, 11) is 1.77. The second-order valence-electron chi connectivity index (χ2n) is 6.07. The number of nitriles is 1. The molecule has 0 N–H and O–H groups in total. The van der Waals surface area contributed by atoms with Crippen LogP contribution in [0, 0.1) is 29.1 Å². The molecular formula is C15H24N2O. The first-order valence-corrected chi connectivity index (χ1v) is 7.29. The molecule has 0 aliphatic heterocycles. The number of hydrogen-bond acceptors (Lipinski definition) is 2. The van der Waals surface area contributed by atoms with Gasteiger partial charge < -0.3 is 4.90 Å². The normalized spacial score (nSPS) is 33.1. The molecule has 4 unspecified atom stereocenters. The Morgan fingerprint density at radius 1 is 1.22 bits per heavy atom. The maximum Gasteiger partial charge on any atom is 0.226 e. The van der Waals surface area contributed by atoms with Gasteiger partial charge in [-0.15, -0.1) is 0 Å². The van der Waals surface area contributed by atoms with Crippen LogP contribution in [0.1, 0.15) is 51.9 Å². The number of amides is 1. The molecule has 0 aromatic heterocycles. The summed E-state index contributed by atoms with van der Waals surface area (Å²) < 4.78 is 0. The van der Waals surface area contributed by atoms with Crippen molar-refractivity contribution in [3.63, 3.8) is 0 Å². The highest BCUT2D eigenvalue weighted by molar-refractivity contribution is 5.79. The van der Waals surface area contributed by atoms with E-state index >= 15 is 0 Å². The molecule has 18 heavy (non-hydrogen) atoms. The van der Waals surface area contributed by atoms with Crippen LogP contribution in [0.25, 0.3) is 0 Å². The Morgan fingerprint density at radius 2 is 1.89 bits per heavy atom. The van der Waals surface area contributed by atoms with Gasteiger partial charge in [-0.2, -0.15) is 5.26 Å². The van der Waals surface area contributed by atoms with Crippen LogP contribution in [0.4, 0.5) is 0 Å². The minimum atomic E-state index is -0.304. The van der Waals surface area contributed by atoms with Gasteiger partial charge in [0.25, 0.3) is 0 Å². The van der Waals surface area contributed by atoms with Gasteiger partial charge in [-0.25, -0.2) is 0 Å². The molecule has 2 rings (SSSR count). The van der Waals surface area contributed by atoms with Crippen molar-refractivity contribution in [3.8, 4) is 6.07 Å². The fraction of sp³-hybridized carbons (Fsp3) is 0.867. The molecule has 2 fully saturated rings. The van der Waals surface area contributed by atoms with Crippen LogP contribution in [0.3, 0.4) is 0 Å². The average molecular weight is 248 g/mol. The predicted octanol–water partition coefficient (Wildman–Crippen LogP) is 2.96. The Morgan fingerprint density at radius 3 is 2.56 bits per heavy atom. The number of nitrogens with zero attached hydrogens (tertiary/aromatic N) is 2. The monoisotopic (exact) mass is 248 g/mol. The Kier molecular flexibility index (Phi) is 4.27. The molecule has 2 aliphatic rings. The van der Waals surface area contributed by atoms with Crippen LogP contribution in [0.15, 0.2) is 0 Å². The third-order valence-electron chi connectivity index (χ3n) is 5.00. The third-order valence-corrected chi connectivity index (χ3v) is 5.00. The van der Waals surface area contributed by atoms with E-state index in [1.165, 1.54) is 32.1 Å². The van der Waals surface area contributed by atoms with Gasteiger partial charge in [0.05, 0.1) is 6.07 Å². The summed E-state index contributed by atoms with van der Waals surface area (Å²) in [5.74, 6) is 2.01. The molecular weight excluding hydrogens is 224 g/mol. The lowest BCUT2D eigenvalue weighted by Gasteiger charge is -2.40. The number of carbonyl (C=O) groups is 1. The van der Waals surface area contributed by atoms with E-state index in [1.54, 1.807) is 18.9 Å². The Bertz CT molecular complexity index is 347. The SMILES string of the molecule is CC(C#N)N(C)C(=O)C1CCC2CCCCC2C1. The summed E-state index contributed by atoms with van der Waals surface area (Å²) in [6.07, 6.45) is 8.71. The Labute approximate surface area is 110 Å². The van der Waals surface area contributed by atoms with Crippen LogP contribution in [0.5, 0.6) is 0 Å². The lowest BCUT2D eigenvalue weighted by atomic mass is 9.67. The second kappa shape index (κ2) is 5.73. The average Bonchev–Trinajstić information content (AvgIpc) is 2.44. The Balaban J connectivity index is 1.94. The van der Waals surface area contributed by atoms with Crippen molar-refractivity contribution < 1.29 is 4.79 Å². The maximum atomic E-state index is 12.3. The summed E-state index contributed by atoms with van der Waals surface area (Å²) in [5, 5.41) is 8.90. The van der Waals surface area contributed by atoms with Crippen molar-refractivity contribution in [1.82, 2.24) is 4.90 Å². The number of hydrogen-bond donors (Lipinski definition) is 0. The summed E-state index contributed by atoms with van der Waals surface area (Å²) >= 11 is 0. The van der Waals surface area contributed by atoms with Crippen molar-refractivity contribution in [2.75, 3.05) is 7.05 Å². The van der Waals surface area contributed by atoms with E-state index in [0.717, 1.165) is 24.7 Å². The summed E-state index contributed by atoms with van der Waals surface area (Å²) in [6, 6.07) is 1.84. The minimum Gasteiger partial charge on any atom is -0.330 e. The second-order valence-corrected chi connectivity index (χ2v) is 6.07. The van der Waals surface area contributed by atoms with Gasteiger partial charge in [-0.05, 0) is 38.0 Å². The van der Waals surface area contributed by atoms with Crippen molar-refractivity contribution in [1.29, 1.82) is 5.26 Å². The van der Waals surface area contributed by atoms with Gasteiger partial charge in [-0.1, -0.05) is 25.7 Å². The van der Waals surface area contributed by atoms with Crippen LogP contribution < -0.4 is 0 Å². The third kappa shape index (κ3) is 2.68. The van der Waals surface area contributed by atoms with Crippen LogP contribution >= 0.6 is 0 Å². The van der Waals surface area contributed by atoms with Gasteiger partial charge in [0.2, 0.25) is 5.91 Å². The van der Waals surface area contributed by atoms with E-state index < -0.39 is 0 Å². The fourth-order valence-electron chi connectivity index (χ4n) is 3.66.